The van der Waals surface area contributed by atoms with Gasteiger partial charge in [0.15, 0.2) is 0 Å². The molecule has 0 aliphatic rings. The predicted molar refractivity (Wildman–Crippen MR) is 122 cm³/mol. The molecule has 2 heterocycles. The van der Waals surface area contributed by atoms with Gasteiger partial charge in [0.25, 0.3) is 0 Å². The average Bonchev–Trinajstić information content (AvgIpc) is 3.25. The Bertz CT molecular complexity index is 1070. The van der Waals surface area contributed by atoms with Crippen LogP contribution in [0, 0.1) is 0 Å². The standard InChI is InChI=1S/C21H21N5S2/c1-25(2)16-9-5-14(6-10-16)20-22-21-18(27-20)13-19(28-21)24-23-15-7-11-17(12-8-15)26(3)4/h5-13H,1-4H3. The molecule has 4 aromatic rings. The Kier molecular flexibility index (Phi) is 5.11. The van der Waals surface area contributed by atoms with E-state index in [1.165, 1.54) is 5.69 Å². The SMILES string of the molecule is CN(C)c1ccc(N=Nc2cc3sc(-c4ccc(N(C)C)cc4)nc3s2)cc1. The molecule has 2 aromatic carbocycles. The van der Waals surface area contributed by atoms with Gasteiger partial charge in [-0.3, -0.25) is 0 Å². The lowest BCUT2D eigenvalue weighted by Gasteiger charge is -2.11. The Morgan fingerprint density at radius 1 is 0.750 bits per heavy atom. The molecule has 7 heteroatoms. The Morgan fingerprint density at radius 3 is 1.93 bits per heavy atom. The van der Waals surface area contributed by atoms with E-state index < -0.39 is 0 Å². The van der Waals surface area contributed by atoms with Crippen molar-refractivity contribution >= 4 is 54.3 Å². The summed E-state index contributed by atoms with van der Waals surface area (Å²) in [5, 5.41) is 10.6. The fourth-order valence-corrected chi connectivity index (χ4v) is 4.76. The van der Waals surface area contributed by atoms with Gasteiger partial charge < -0.3 is 9.80 Å². The van der Waals surface area contributed by atoms with Crippen LogP contribution in [-0.2, 0) is 0 Å². The Morgan fingerprint density at radius 2 is 1.36 bits per heavy atom. The predicted octanol–water partition coefficient (Wildman–Crippen LogP) is 6.57. The van der Waals surface area contributed by atoms with Gasteiger partial charge in [0, 0.05) is 45.1 Å². The summed E-state index contributed by atoms with van der Waals surface area (Å²) in [6, 6.07) is 18.6. The molecule has 4 rings (SSSR count). The first-order valence-corrected chi connectivity index (χ1v) is 10.5. The number of thiazole rings is 1. The zero-order valence-corrected chi connectivity index (χ0v) is 17.9. The molecule has 0 aliphatic heterocycles. The lowest BCUT2D eigenvalue weighted by Crippen LogP contribution is -2.07. The maximum Gasteiger partial charge on any atom is 0.142 e. The van der Waals surface area contributed by atoms with Crippen molar-refractivity contribution in [1.29, 1.82) is 0 Å². The van der Waals surface area contributed by atoms with Gasteiger partial charge in [-0.05, 0) is 54.6 Å². The van der Waals surface area contributed by atoms with Crippen LogP contribution >= 0.6 is 22.7 Å². The fraction of sp³-hybridized carbons (Fsp3) is 0.190. The van der Waals surface area contributed by atoms with Gasteiger partial charge >= 0.3 is 0 Å². The second kappa shape index (κ2) is 7.69. The van der Waals surface area contributed by atoms with E-state index in [2.05, 4.69) is 50.4 Å². The molecule has 0 fully saturated rings. The largest absolute Gasteiger partial charge is 0.378 e. The molecule has 0 bridgehead atoms. The van der Waals surface area contributed by atoms with Crippen LogP contribution in [0.4, 0.5) is 22.1 Å². The number of anilines is 2. The number of fused-ring (bicyclic) bond motifs is 1. The van der Waals surface area contributed by atoms with Crippen molar-refractivity contribution in [2.75, 3.05) is 38.0 Å². The molecule has 0 saturated heterocycles. The first kappa shape index (κ1) is 18.6. The highest BCUT2D eigenvalue weighted by Gasteiger charge is 2.10. The maximum atomic E-state index is 4.78. The van der Waals surface area contributed by atoms with Crippen molar-refractivity contribution in [1.82, 2.24) is 4.98 Å². The fourth-order valence-electron chi connectivity index (χ4n) is 2.72. The summed E-state index contributed by atoms with van der Waals surface area (Å²) in [5.74, 6) is 0. The van der Waals surface area contributed by atoms with Gasteiger partial charge in [-0.1, -0.05) is 11.3 Å². The topological polar surface area (TPSA) is 44.1 Å². The van der Waals surface area contributed by atoms with Crippen LogP contribution in [0.3, 0.4) is 0 Å². The van der Waals surface area contributed by atoms with E-state index in [9.17, 15) is 0 Å². The van der Waals surface area contributed by atoms with Gasteiger partial charge in [0.2, 0.25) is 0 Å². The number of thiophene rings is 1. The molecule has 2 aromatic heterocycles. The van der Waals surface area contributed by atoms with Gasteiger partial charge in [0.1, 0.15) is 14.8 Å². The third-order valence-corrected chi connectivity index (χ3v) is 6.43. The van der Waals surface area contributed by atoms with Gasteiger partial charge in [0.05, 0.1) is 10.4 Å². The maximum absolute atomic E-state index is 4.78. The van der Waals surface area contributed by atoms with E-state index in [0.29, 0.717) is 0 Å². The quantitative estimate of drug-likeness (QED) is 0.351. The third kappa shape index (κ3) is 3.90. The van der Waals surface area contributed by atoms with Crippen LogP contribution in [0.1, 0.15) is 0 Å². The van der Waals surface area contributed by atoms with Crippen LogP contribution in [0.25, 0.3) is 20.1 Å². The van der Waals surface area contributed by atoms with E-state index in [1.807, 2.05) is 52.5 Å². The van der Waals surface area contributed by atoms with Crippen molar-refractivity contribution in [3.8, 4) is 10.6 Å². The summed E-state index contributed by atoms with van der Waals surface area (Å²) in [6.45, 7) is 0. The smallest absolute Gasteiger partial charge is 0.142 e. The molecule has 5 nitrogen and oxygen atoms in total. The first-order chi connectivity index (χ1) is 13.5. The number of rotatable bonds is 5. The van der Waals surface area contributed by atoms with Crippen LogP contribution in [-0.4, -0.2) is 33.2 Å². The third-order valence-electron chi connectivity index (χ3n) is 4.34. The van der Waals surface area contributed by atoms with Gasteiger partial charge in [-0.25, -0.2) is 4.98 Å². The number of hydrogen-bond donors (Lipinski definition) is 0. The van der Waals surface area contributed by atoms with Crippen LogP contribution in [0.15, 0.2) is 64.8 Å². The van der Waals surface area contributed by atoms with Crippen molar-refractivity contribution in [2.24, 2.45) is 10.2 Å². The second-order valence-electron chi connectivity index (χ2n) is 6.83. The van der Waals surface area contributed by atoms with Crippen molar-refractivity contribution in [3.05, 3.63) is 54.6 Å². The molecule has 0 unspecified atom stereocenters. The summed E-state index contributed by atoms with van der Waals surface area (Å²) >= 11 is 3.26. The lowest BCUT2D eigenvalue weighted by molar-refractivity contribution is 1.13. The minimum atomic E-state index is 0.844. The van der Waals surface area contributed by atoms with E-state index in [1.54, 1.807) is 22.7 Å². The molecule has 0 saturated carbocycles. The van der Waals surface area contributed by atoms with E-state index >= 15 is 0 Å². The summed E-state index contributed by atoms with van der Waals surface area (Å²) in [4.78, 5) is 9.94. The van der Waals surface area contributed by atoms with Crippen molar-refractivity contribution in [3.63, 3.8) is 0 Å². The van der Waals surface area contributed by atoms with E-state index in [-0.39, 0.29) is 0 Å². The van der Waals surface area contributed by atoms with Crippen LogP contribution in [0.2, 0.25) is 0 Å². The highest BCUT2D eigenvalue weighted by Crippen LogP contribution is 2.39. The normalized spacial score (nSPS) is 11.4. The number of aromatic nitrogens is 1. The average molecular weight is 408 g/mol. The second-order valence-corrected chi connectivity index (χ2v) is 8.86. The van der Waals surface area contributed by atoms with Crippen molar-refractivity contribution in [2.45, 2.75) is 0 Å². The molecule has 142 valence electrons. The molecular formula is C21H21N5S2. The molecule has 0 amide bonds. The zero-order chi connectivity index (χ0) is 19.7. The Hall–Kier alpha value is -2.77. The number of nitrogens with zero attached hydrogens (tertiary/aromatic N) is 5. The molecule has 0 N–H and O–H groups in total. The molecule has 0 aliphatic carbocycles. The van der Waals surface area contributed by atoms with Gasteiger partial charge in [-0.2, -0.15) is 0 Å². The minimum absolute atomic E-state index is 0.844. The Balaban J connectivity index is 1.52. The summed E-state index contributed by atoms with van der Waals surface area (Å²) in [5.41, 5.74) is 4.31. The zero-order valence-electron chi connectivity index (χ0n) is 16.2. The minimum Gasteiger partial charge on any atom is -0.378 e. The van der Waals surface area contributed by atoms with E-state index in [0.717, 1.165) is 36.5 Å². The Labute approximate surface area is 172 Å². The monoisotopic (exact) mass is 407 g/mol. The molecule has 28 heavy (non-hydrogen) atoms. The molecule has 0 spiro atoms. The highest BCUT2D eigenvalue weighted by molar-refractivity contribution is 7.30. The van der Waals surface area contributed by atoms with Crippen molar-refractivity contribution < 1.29 is 0 Å². The molecule has 0 atom stereocenters. The summed E-state index contributed by atoms with van der Waals surface area (Å²) in [6.07, 6.45) is 0. The number of benzene rings is 2. The lowest BCUT2D eigenvalue weighted by atomic mass is 10.2. The summed E-state index contributed by atoms with van der Waals surface area (Å²) in [7, 11) is 8.13. The molecule has 0 radical (unpaired) electrons. The number of azo groups is 1. The molecular weight excluding hydrogens is 386 g/mol. The summed E-state index contributed by atoms with van der Waals surface area (Å²) < 4.78 is 1.15. The van der Waals surface area contributed by atoms with E-state index in [4.69, 9.17) is 4.98 Å². The van der Waals surface area contributed by atoms with Gasteiger partial charge in [-0.15, -0.1) is 21.6 Å². The number of hydrogen-bond acceptors (Lipinski definition) is 7. The first-order valence-electron chi connectivity index (χ1n) is 8.87. The van der Waals surface area contributed by atoms with Crippen LogP contribution < -0.4 is 9.80 Å². The van der Waals surface area contributed by atoms with Crippen LogP contribution in [0.5, 0.6) is 0 Å². The highest BCUT2D eigenvalue weighted by atomic mass is 32.1.